The molecule has 1 N–H and O–H groups in total. The number of ether oxygens (including phenoxy) is 1. The summed E-state index contributed by atoms with van der Waals surface area (Å²) in [7, 11) is 0. The zero-order chi connectivity index (χ0) is 10.6. The molecule has 3 nitrogen and oxygen atoms in total. The molecule has 1 rings (SSSR count). The summed E-state index contributed by atoms with van der Waals surface area (Å²) in [5, 5.41) is 9.65. The minimum Gasteiger partial charge on any atom is -0.457 e. The quantitative estimate of drug-likeness (QED) is 0.545. The molecule has 0 saturated carbocycles. The molecule has 0 fully saturated rings. The molecular formula is C11H14O3. The number of rotatable bonds is 3. The van der Waals surface area contributed by atoms with Gasteiger partial charge in [0.25, 0.3) is 0 Å². The molecule has 0 aromatic heterocycles. The smallest absolute Gasteiger partial charge is 0.338 e. The minimum atomic E-state index is -0.724. The van der Waals surface area contributed by atoms with Gasteiger partial charge in [-0.15, -0.1) is 0 Å². The number of aliphatic hydroxyl groups is 1. The van der Waals surface area contributed by atoms with Gasteiger partial charge in [0.05, 0.1) is 11.7 Å². The summed E-state index contributed by atoms with van der Waals surface area (Å²) in [5.74, 6) is -0.360. The van der Waals surface area contributed by atoms with E-state index in [-0.39, 0.29) is 12.6 Å². The third kappa shape index (κ3) is 2.12. The number of esters is 1. The average Bonchev–Trinajstić information content (AvgIpc) is 2.50. The first-order valence-corrected chi connectivity index (χ1v) is 4.54. The molecule has 1 aliphatic heterocycles. The molecule has 76 valence electrons. The van der Waals surface area contributed by atoms with Gasteiger partial charge in [0.1, 0.15) is 6.61 Å². The summed E-state index contributed by atoms with van der Waals surface area (Å²) in [5.41, 5.74) is 1.10. The second kappa shape index (κ2) is 4.77. The van der Waals surface area contributed by atoms with Gasteiger partial charge in [-0.1, -0.05) is 24.3 Å². The summed E-state index contributed by atoms with van der Waals surface area (Å²) in [6.07, 6.45) is 6.06. The van der Waals surface area contributed by atoms with Crippen LogP contribution in [0.25, 0.3) is 0 Å². The predicted molar refractivity (Wildman–Crippen MR) is 53.6 cm³/mol. The van der Waals surface area contributed by atoms with E-state index < -0.39 is 6.10 Å². The maximum atomic E-state index is 11.2. The van der Waals surface area contributed by atoms with Crippen LogP contribution in [0.5, 0.6) is 0 Å². The molecule has 0 bridgehead atoms. The van der Waals surface area contributed by atoms with Gasteiger partial charge in [-0.2, -0.15) is 0 Å². The van der Waals surface area contributed by atoms with Crippen LogP contribution in [0.15, 0.2) is 35.5 Å². The number of hydrogen-bond donors (Lipinski definition) is 1. The van der Waals surface area contributed by atoms with Crippen molar-refractivity contribution in [2.75, 3.05) is 6.61 Å². The molecule has 0 radical (unpaired) electrons. The highest BCUT2D eigenvalue weighted by Crippen LogP contribution is 2.20. The highest BCUT2D eigenvalue weighted by molar-refractivity contribution is 5.95. The monoisotopic (exact) mass is 194 g/mol. The van der Waals surface area contributed by atoms with Crippen LogP contribution < -0.4 is 0 Å². The summed E-state index contributed by atoms with van der Waals surface area (Å²) < 4.78 is 4.84. The number of hydrogen-bond acceptors (Lipinski definition) is 3. The fourth-order valence-corrected chi connectivity index (χ4v) is 1.31. The lowest BCUT2D eigenvalue weighted by Gasteiger charge is -2.05. The van der Waals surface area contributed by atoms with Crippen molar-refractivity contribution in [2.45, 2.75) is 20.0 Å². The van der Waals surface area contributed by atoms with E-state index in [0.717, 1.165) is 0 Å². The van der Waals surface area contributed by atoms with Crippen molar-refractivity contribution in [1.82, 2.24) is 0 Å². The van der Waals surface area contributed by atoms with Crippen molar-refractivity contribution in [3.63, 3.8) is 0 Å². The molecule has 0 spiro atoms. The van der Waals surface area contributed by atoms with Crippen molar-refractivity contribution >= 4 is 5.97 Å². The maximum Gasteiger partial charge on any atom is 0.338 e. The number of cyclic esters (lactones) is 1. The normalized spacial score (nSPS) is 19.8. The molecule has 1 aliphatic rings. The Morgan fingerprint density at radius 2 is 2.14 bits per heavy atom. The number of aliphatic hydroxyl groups excluding tert-OH is 1. The molecule has 0 amide bonds. The van der Waals surface area contributed by atoms with Gasteiger partial charge in [0, 0.05) is 5.57 Å². The van der Waals surface area contributed by atoms with Crippen molar-refractivity contribution in [3.05, 3.63) is 35.5 Å². The summed E-state index contributed by atoms with van der Waals surface area (Å²) in [6, 6.07) is 0. The lowest BCUT2D eigenvalue weighted by Crippen LogP contribution is -2.09. The number of allylic oxidation sites excluding steroid dienone is 2. The standard InChI is InChI=1S/C11H14O3/c1-3-5-8-9(7-14-11(8)13)10(12)6-4-2/h3-6,10,12H,7H2,1-2H3/b5-3+,6-4+/t10-/m1/s1. The fraction of sp³-hybridized carbons (Fsp3) is 0.364. The van der Waals surface area contributed by atoms with Gasteiger partial charge < -0.3 is 9.84 Å². The van der Waals surface area contributed by atoms with E-state index in [1.807, 2.05) is 13.8 Å². The molecule has 0 saturated heterocycles. The molecule has 0 aromatic carbocycles. The lowest BCUT2D eigenvalue weighted by molar-refractivity contribution is -0.135. The van der Waals surface area contributed by atoms with Crippen LogP contribution in [0.2, 0.25) is 0 Å². The largest absolute Gasteiger partial charge is 0.457 e. The molecular weight excluding hydrogens is 180 g/mol. The van der Waals surface area contributed by atoms with E-state index in [0.29, 0.717) is 11.1 Å². The Kier molecular flexibility index (Phi) is 3.65. The Morgan fingerprint density at radius 1 is 1.43 bits per heavy atom. The molecule has 14 heavy (non-hydrogen) atoms. The first-order valence-electron chi connectivity index (χ1n) is 4.54. The average molecular weight is 194 g/mol. The zero-order valence-electron chi connectivity index (χ0n) is 8.36. The third-order valence-corrected chi connectivity index (χ3v) is 1.99. The van der Waals surface area contributed by atoms with Gasteiger partial charge >= 0.3 is 5.97 Å². The predicted octanol–water partition coefficient (Wildman–Crippen LogP) is 1.35. The summed E-state index contributed by atoms with van der Waals surface area (Å²) >= 11 is 0. The Hall–Kier alpha value is -1.35. The van der Waals surface area contributed by atoms with Gasteiger partial charge in [-0.05, 0) is 13.8 Å². The van der Waals surface area contributed by atoms with Crippen LogP contribution in [0.3, 0.4) is 0 Å². The molecule has 1 heterocycles. The Bertz CT molecular complexity index is 310. The van der Waals surface area contributed by atoms with Crippen LogP contribution in [0.1, 0.15) is 13.8 Å². The van der Waals surface area contributed by atoms with E-state index in [2.05, 4.69) is 0 Å². The Morgan fingerprint density at radius 3 is 2.71 bits per heavy atom. The lowest BCUT2D eigenvalue weighted by atomic mass is 10.0. The van der Waals surface area contributed by atoms with Gasteiger partial charge in [0.15, 0.2) is 0 Å². The fourth-order valence-electron chi connectivity index (χ4n) is 1.31. The molecule has 1 atom stereocenters. The van der Waals surface area contributed by atoms with Crippen LogP contribution in [0, 0.1) is 0 Å². The van der Waals surface area contributed by atoms with E-state index in [1.165, 1.54) is 0 Å². The van der Waals surface area contributed by atoms with E-state index >= 15 is 0 Å². The van der Waals surface area contributed by atoms with Gasteiger partial charge in [0.2, 0.25) is 0 Å². The summed E-state index contributed by atoms with van der Waals surface area (Å²) in [6.45, 7) is 3.82. The van der Waals surface area contributed by atoms with Gasteiger partial charge in [-0.25, -0.2) is 4.79 Å². The number of carbonyl (C=O) groups excluding carboxylic acids is 1. The van der Waals surface area contributed by atoms with Crippen LogP contribution in [-0.2, 0) is 9.53 Å². The highest BCUT2D eigenvalue weighted by Gasteiger charge is 2.25. The molecule has 0 unspecified atom stereocenters. The van der Waals surface area contributed by atoms with E-state index in [4.69, 9.17) is 4.74 Å². The van der Waals surface area contributed by atoms with Crippen LogP contribution in [0.4, 0.5) is 0 Å². The van der Waals surface area contributed by atoms with E-state index in [1.54, 1.807) is 24.3 Å². The minimum absolute atomic E-state index is 0.185. The Balaban J connectivity index is 2.98. The first kappa shape index (κ1) is 10.7. The van der Waals surface area contributed by atoms with Crippen molar-refractivity contribution in [2.24, 2.45) is 0 Å². The van der Waals surface area contributed by atoms with Crippen LogP contribution >= 0.6 is 0 Å². The van der Waals surface area contributed by atoms with Crippen molar-refractivity contribution < 1.29 is 14.6 Å². The SMILES string of the molecule is C/C=C/C1=C([C@H](O)/C=C/C)COC1=O. The Labute approximate surface area is 83.4 Å². The molecule has 0 aromatic rings. The second-order valence-corrected chi connectivity index (χ2v) is 2.99. The van der Waals surface area contributed by atoms with Gasteiger partial charge in [-0.3, -0.25) is 0 Å². The third-order valence-electron chi connectivity index (χ3n) is 1.99. The van der Waals surface area contributed by atoms with Crippen molar-refractivity contribution in [1.29, 1.82) is 0 Å². The topological polar surface area (TPSA) is 46.5 Å². The highest BCUT2D eigenvalue weighted by atomic mass is 16.5. The number of carbonyl (C=O) groups is 1. The first-order chi connectivity index (χ1) is 6.70. The summed E-state index contributed by atoms with van der Waals surface area (Å²) in [4.78, 5) is 11.2. The van der Waals surface area contributed by atoms with Crippen molar-refractivity contribution in [3.8, 4) is 0 Å². The van der Waals surface area contributed by atoms with E-state index in [9.17, 15) is 9.90 Å². The van der Waals surface area contributed by atoms with Crippen LogP contribution in [-0.4, -0.2) is 23.8 Å². The molecule has 3 heteroatoms. The maximum absolute atomic E-state index is 11.2. The zero-order valence-corrected chi connectivity index (χ0v) is 8.36. The molecule has 0 aliphatic carbocycles. The second-order valence-electron chi connectivity index (χ2n) is 2.99.